The van der Waals surface area contributed by atoms with Crippen LogP contribution in [0.4, 0.5) is 0 Å². The van der Waals surface area contributed by atoms with Crippen LogP contribution in [0.5, 0.6) is 5.75 Å². The van der Waals surface area contributed by atoms with Gasteiger partial charge in [0, 0.05) is 24.2 Å². The van der Waals surface area contributed by atoms with Gasteiger partial charge in [-0.3, -0.25) is 4.79 Å². The highest BCUT2D eigenvalue weighted by Gasteiger charge is 2.29. The summed E-state index contributed by atoms with van der Waals surface area (Å²) < 4.78 is 12.3. The zero-order valence-corrected chi connectivity index (χ0v) is 16.9. The minimum Gasteiger partial charge on any atom is -0.497 e. The number of carbonyl (C=O) groups excluding carboxylic acids is 1. The largest absolute Gasteiger partial charge is 0.497 e. The van der Waals surface area contributed by atoms with Crippen LogP contribution in [0.15, 0.2) is 65.3 Å². The summed E-state index contributed by atoms with van der Waals surface area (Å²) >= 11 is 0. The first-order valence-electron chi connectivity index (χ1n) is 9.96. The number of benzene rings is 2. The fourth-order valence-corrected chi connectivity index (χ4v) is 3.64. The molecule has 0 N–H and O–H groups in total. The minimum atomic E-state index is -0.00473. The number of carbonyl (C=O) groups is 1. The number of hydrogen-bond donors (Lipinski definition) is 0. The molecule has 1 unspecified atom stereocenters. The van der Waals surface area contributed by atoms with Gasteiger partial charge in [-0.2, -0.15) is 4.98 Å². The Kier molecular flexibility index (Phi) is 4.91. The third kappa shape index (κ3) is 3.77. The summed E-state index contributed by atoms with van der Waals surface area (Å²) in [6.45, 7) is 1.22. The molecule has 1 fully saturated rings. The predicted octanol–water partition coefficient (Wildman–Crippen LogP) is 3.09. The quantitative estimate of drug-likeness (QED) is 0.493. The van der Waals surface area contributed by atoms with Crippen LogP contribution in [0, 0.1) is 0 Å². The molecule has 9 nitrogen and oxygen atoms in total. The fourth-order valence-electron chi connectivity index (χ4n) is 3.64. The molecular formula is C22H20N6O3. The highest BCUT2D eigenvalue weighted by atomic mass is 16.5. The van der Waals surface area contributed by atoms with E-state index in [1.165, 1.54) is 0 Å². The average molecular weight is 416 g/mol. The molecule has 1 aliphatic heterocycles. The van der Waals surface area contributed by atoms with Gasteiger partial charge in [-0.1, -0.05) is 40.7 Å². The second kappa shape index (κ2) is 8.02. The SMILES string of the molecule is COc1ccc(C(=O)N2CCC(n3cc(-c4nc(-c5ccccc5)no4)nn3)C2)cc1. The molecule has 0 radical (unpaired) electrons. The van der Waals surface area contributed by atoms with E-state index in [1.54, 1.807) is 42.3 Å². The monoisotopic (exact) mass is 416 g/mol. The van der Waals surface area contributed by atoms with Crippen LogP contribution >= 0.6 is 0 Å². The molecule has 0 saturated carbocycles. The summed E-state index contributed by atoms with van der Waals surface area (Å²) in [4.78, 5) is 19.0. The van der Waals surface area contributed by atoms with Crippen molar-refractivity contribution in [3.8, 4) is 28.7 Å². The topological polar surface area (TPSA) is 99.2 Å². The van der Waals surface area contributed by atoms with Crippen LogP contribution in [0.2, 0.25) is 0 Å². The van der Waals surface area contributed by atoms with E-state index in [2.05, 4.69) is 20.5 Å². The van der Waals surface area contributed by atoms with Crippen LogP contribution in [-0.4, -0.2) is 56.1 Å². The van der Waals surface area contributed by atoms with E-state index in [1.807, 2.05) is 35.2 Å². The molecule has 0 bridgehead atoms. The molecule has 1 atom stereocenters. The summed E-state index contributed by atoms with van der Waals surface area (Å²) in [6, 6.07) is 16.8. The van der Waals surface area contributed by atoms with E-state index in [4.69, 9.17) is 9.26 Å². The maximum absolute atomic E-state index is 12.8. The first-order chi connectivity index (χ1) is 15.2. The lowest BCUT2D eigenvalue weighted by molar-refractivity contribution is 0.0787. The fraction of sp³-hybridized carbons (Fsp3) is 0.227. The second-order valence-corrected chi connectivity index (χ2v) is 7.30. The summed E-state index contributed by atoms with van der Waals surface area (Å²) in [5.74, 6) is 1.54. The lowest BCUT2D eigenvalue weighted by Gasteiger charge is -2.16. The number of rotatable bonds is 5. The number of methoxy groups -OCH3 is 1. The van der Waals surface area contributed by atoms with Crippen molar-refractivity contribution in [2.45, 2.75) is 12.5 Å². The van der Waals surface area contributed by atoms with E-state index in [0.717, 1.165) is 17.7 Å². The Labute approximate surface area is 178 Å². The van der Waals surface area contributed by atoms with E-state index < -0.39 is 0 Å². The van der Waals surface area contributed by atoms with Gasteiger partial charge in [-0.05, 0) is 30.7 Å². The first-order valence-corrected chi connectivity index (χ1v) is 9.96. The Bertz CT molecular complexity index is 1190. The van der Waals surface area contributed by atoms with Crippen LogP contribution in [-0.2, 0) is 0 Å². The molecule has 1 aliphatic rings. The number of ether oxygens (including phenoxy) is 1. The molecular weight excluding hydrogens is 396 g/mol. The standard InChI is InChI=1S/C22H20N6O3/c1-30-18-9-7-16(8-10-18)22(29)27-12-11-17(13-27)28-14-19(24-26-28)21-23-20(25-31-21)15-5-3-2-4-6-15/h2-10,14,17H,11-13H2,1H3. The zero-order valence-electron chi connectivity index (χ0n) is 16.9. The molecule has 0 aliphatic carbocycles. The van der Waals surface area contributed by atoms with Crippen LogP contribution in [0.1, 0.15) is 22.8 Å². The molecule has 31 heavy (non-hydrogen) atoms. The third-order valence-corrected chi connectivity index (χ3v) is 5.35. The summed E-state index contributed by atoms with van der Waals surface area (Å²) in [5, 5.41) is 12.4. The molecule has 156 valence electrons. The molecule has 2 aromatic heterocycles. The highest BCUT2D eigenvalue weighted by molar-refractivity contribution is 5.94. The normalized spacial score (nSPS) is 15.9. The van der Waals surface area contributed by atoms with E-state index in [-0.39, 0.29) is 11.9 Å². The van der Waals surface area contributed by atoms with Crippen molar-refractivity contribution in [3.63, 3.8) is 0 Å². The number of hydrogen-bond acceptors (Lipinski definition) is 7. The van der Waals surface area contributed by atoms with E-state index >= 15 is 0 Å². The molecule has 0 spiro atoms. The number of aromatic nitrogens is 5. The van der Waals surface area contributed by atoms with Gasteiger partial charge in [0.1, 0.15) is 5.75 Å². The van der Waals surface area contributed by atoms with Crippen molar-refractivity contribution in [1.29, 1.82) is 0 Å². The van der Waals surface area contributed by atoms with Crippen LogP contribution in [0.3, 0.4) is 0 Å². The maximum Gasteiger partial charge on any atom is 0.280 e. The summed E-state index contributed by atoms with van der Waals surface area (Å²) in [7, 11) is 1.60. The molecule has 9 heteroatoms. The summed E-state index contributed by atoms with van der Waals surface area (Å²) in [5.41, 5.74) is 2.02. The molecule has 1 amide bonds. The van der Waals surface area contributed by atoms with Crippen molar-refractivity contribution >= 4 is 5.91 Å². The Morgan fingerprint density at radius 3 is 2.71 bits per heavy atom. The Balaban J connectivity index is 1.27. The van der Waals surface area contributed by atoms with Gasteiger partial charge in [0.25, 0.3) is 11.8 Å². The molecule has 1 saturated heterocycles. The third-order valence-electron chi connectivity index (χ3n) is 5.35. The van der Waals surface area contributed by atoms with E-state index in [9.17, 15) is 4.79 Å². The van der Waals surface area contributed by atoms with Gasteiger partial charge >= 0.3 is 0 Å². The lowest BCUT2D eigenvalue weighted by Crippen LogP contribution is -2.29. The minimum absolute atomic E-state index is 0.00473. The average Bonchev–Trinajstić information content (AvgIpc) is 3.59. The Morgan fingerprint density at radius 2 is 1.94 bits per heavy atom. The zero-order chi connectivity index (χ0) is 21.2. The molecule has 3 heterocycles. The molecule has 2 aromatic carbocycles. The number of nitrogens with zero attached hydrogens (tertiary/aromatic N) is 6. The smallest absolute Gasteiger partial charge is 0.280 e. The van der Waals surface area contributed by atoms with Crippen molar-refractivity contribution in [2.24, 2.45) is 0 Å². The number of amides is 1. The van der Waals surface area contributed by atoms with Gasteiger partial charge < -0.3 is 14.2 Å². The molecule has 5 rings (SSSR count). The van der Waals surface area contributed by atoms with Gasteiger partial charge in [-0.15, -0.1) is 5.10 Å². The predicted molar refractivity (Wildman–Crippen MR) is 111 cm³/mol. The number of likely N-dealkylation sites (tertiary alicyclic amines) is 1. The van der Waals surface area contributed by atoms with Crippen molar-refractivity contribution in [2.75, 3.05) is 20.2 Å². The van der Waals surface area contributed by atoms with Gasteiger partial charge in [0.2, 0.25) is 5.82 Å². The van der Waals surface area contributed by atoms with Gasteiger partial charge in [0.15, 0.2) is 5.69 Å². The summed E-state index contributed by atoms with van der Waals surface area (Å²) in [6.07, 6.45) is 2.58. The highest BCUT2D eigenvalue weighted by Crippen LogP contribution is 2.26. The van der Waals surface area contributed by atoms with Gasteiger partial charge in [0.05, 0.1) is 19.3 Å². The van der Waals surface area contributed by atoms with Crippen LogP contribution in [0.25, 0.3) is 23.0 Å². The van der Waals surface area contributed by atoms with E-state index in [0.29, 0.717) is 36.1 Å². The van der Waals surface area contributed by atoms with Crippen molar-refractivity contribution < 1.29 is 14.1 Å². The second-order valence-electron chi connectivity index (χ2n) is 7.30. The van der Waals surface area contributed by atoms with Crippen molar-refractivity contribution in [3.05, 3.63) is 66.4 Å². The first kappa shape index (κ1) is 19.0. The Hall–Kier alpha value is -4.01. The van der Waals surface area contributed by atoms with Crippen molar-refractivity contribution in [1.82, 2.24) is 30.0 Å². The van der Waals surface area contributed by atoms with Gasteiger partial charge in [-0.25, -0.2) is 4.68 Å². The van der Waals surface area contributed by atoms with Crippen LogP contribution < -0.4 is 4.74 Å². The lowest BCUT2D eigenvalue weighted by atomic mass is 10.2. The Morgan fingerprint density at radius 1 is 1.13 bits per heavy atom. The molecule has 4 aromatic rings. The maximum atomic E-state index is 12.8.